The van der Waals surface area contributed by atoms with Gasteiger partial charge in [0.15, 0.2) is 5.90 Å². The molecule has 0 heterocycles. The van der Waals surface area contributed by atoms with Gasteiger partial charge in [0.05, 0.1) is 7.11 Å². The van der Waals surface area contributed by atoms with Gasteiger partial charge in [-0.15, -0.1) is 12.4 Å². The first-order valence-corrected chi connectivity index (χ1v) is 5.48. The molecule has 1 aliphatic carbocycles. The third-order valence-corrected chi connectivity index (χ3v) is 3.29. The Balaban J connectivity index is 0.00000128. The summed E-state index contributed by atoms with van der Waals surface area (Å²) in [5, 5.41) is 7.66. The van der Waals surface area contributed by atoms with Gasteiger partial charge in [-0.3, -0.25) is 5.41 Å². The lowest BCUT2D eigenvalue weighted by Gasteiger charge is -2.11. The summed E-state index contributed by atoms with van der Waals surface area (Å²) in [6, 6.07) is 10.6. The first-order chi connectivity index (χ1) is 7.31. The van der Waals surface area contributed by atoms with Crippen molar-refractivity contribution in [3.8, 4) is 0 Å². The second-order valence-corrected chi connectivity index (χ2v) is 4.19. The SMILES string of the molecule is COC(=N)C1CCC(c2ccccc2)C1.Cl. The van der Waals surface area contributed by atoms with Gasteiger partial charge in [-0.2, -0.15) is 0 Å². The Morgan fingerprint density at radius 2 is 1.94 bits per heavy atom. The molecule has 0 radical (unpaired) electrons. The molecule has 0 saturated heterocycles. The van der Waals surface area contributed by atoms with Crippen molar-refractivity contribution >= 4 is 18.3 Å². The highest BCUT2D eigenvalue weighted by molar-refractivity contribution is 5.85. The maximum absolute atomic E-state index is 7.66. The number of halogens is 1. The van der Waals surface area contributed by atoms with Gasteiger partial charge in [-0.25, -0.2) is 0 Å². The molecule has 16 heavy (non-hydrogen) atoms. The Kier molecular flexibility index (Phi) is 4.81. The number of rotatable bonds is 2. The van der Waals surface area contributed by atoms with Crippen molar-refractivity contribution in [1.29, 1.82) is 5.41 Å². The molecule has 1 fully saturated rings. The summed E-state index contributed by atoms with van der Waals surface area (Å²) in [6.45, 7) is 0. The second kappa shape index (κ2) is 5.90. The molecule has 88 valence electrons. The van der Waals surface area contributed by atoms with Crippen LogP contribution in [0.4, 0.5) is 0 Å². The fourth-order valence-electron chi connectivity index (χ4n) is 2.41. The number of hydrogen-bond donors (Lipinski definition) is 1. The third-order valence-electron chi connectivity index (χ3n) is 3.29. The average molecular weight is 240 g/mol. The Labute approximate surface area is 103 Å². The van der Waals surface area contributed by atoms with E-state index in [0.717, 1.165) is 12.8 Å². The van der Waals surface area contributed by atoms with Crippen LogP contribution in [-0.2, 0) is 4.74 Å². The van der Waals surface area contributed by atoms with E-state index in [4.69, 9.17) is 10.1 Å². The molecular weight excluding hydrogens is 222 g/mol. The van der Waals surface area contributed by atoms with Crippen LogP contribution in [0.2, 0.25) is 0 Å². The number of benzene rings is 1. The van der Waals surface area contributed by atoms with Gasteiger partial charge < -0.3 is 4.74 Å². The summed E-state index contributed by atoms with van der Waals surface area (Å²) >= 11 is 0. The molecule has 1 saturated carbocycles. The Bertz CT molecular complexity index is 339. The van der Waals surface area contributed by atoms with Crippen molar-refractivity contribution < 1.29 is 4.74 Å². The standard InChI is InChI=1S/C13H17NO.ClH/c1-15-13(14)12-8-7-11(9-12)10-5-3-2-4-6-10;/h2-6,11-12,14H,7-9H2,1H3;1H. The van der Waals surface area contributed by atoms with Gasteiger partial charge in [0.25, 0.3) is 0 Å². The van der Waals surface area contributed by atoms with Crippen molar-refractivity contribution in [1.82, 2.24) is 0 Å². The molecule has 3 heteroatoms. The van der Waals surface area contributed by atoms with Crippen molar-refractivity contribution in [3.63, 3.8) is 0 Å². The minimum atomic E-state index is 0. The van der Waals surface area contributed by atoms with Gasteiger partial charge in [0, 0.05) is 5.92 Å². The Morgan fingerprint density at radius 1 is 1.25 bits per heavy atom. The molecule has 1 aromatic rings. The molecular formula is C13H18ClNO. The number of methoxy groups -OCH3 is 1. The van der Waals surface area contributed by atoms with Crippen LogP contribution in [-0.4, -0.2) is 13.0 Å². The molecule has 0 amide bonds. The van der Waals surface area contributed by atoms with E-state index in [2.05, 4.69) is 24.3 Å². The minimum Gasteiger partial charge on any atom is -0.484 e. The molecule has 2 nitrogen and oxygen atoms in total. The van der Waals surface area contributed by atoms with Crippen molar-refractivity contribution in [2.45, 2.75) is 25.2 Å². The molecule has 0 aliphatic heterocycles. The van der Waals surface area contributed by atoms with E-state index in [-0.39, 0.29) is 12.4 Å². The van der Waals surface area contributed by atoms with Crippen LogP contribution >= 0.6 is 12.4 Å². The highest BCUT2D eigenvalue weighted by atomic mass is 35.5. The molecule has 0 aromatic heterocycles. The van der Waals surface area contributed by atoms with E-state index in [9.17, 15) is 0 Å². The van der Waals surface area contributed by atoms with Crippen LogP contribution in [0.5, 0.6) is 0 Å². The topological polar surface area (TPSA) is 33.1 Å². The van der Waals surface area contributed by atoms with Crippen LogP contribution in [0.25, 0.3) is 0 Å². The lowest BCUT2D eigenvalue weighted by molar-refractivity contribution is 0.360. The van der Waals surface area contributed by atoms with E-state index in [1.54, 1.807) is 7.11 Å². The van der Waals surface area contributed by atoms with Crippen molar-refractivity contribution in [3.05, 3.63) is 35.9 Å². The third kappa shape index (κ3) is 2.76. The summed E-state index contributed by atoms with van der Waals surface area (Å²) in [6.07, 6.45) is 3.34. The van der Waals surface area contributed by atoms with Crippen molar-refractivity contribution in [2.24, 2.45) is 5.92 Å². The van der Waals surface area contributed by atoms with Gasteiger partial charge in [0.1, 0.15) is 0 Å². The quantitative estimate of drug-likeness (QED) is 0.621. The zero-order chi connectivity index (χ0) is 10.7. The summed E-state index contributed by atoms with van der Waals surface area (Å²) in [5.41, 5.74) is 1.41. The van der Waals surface area contributed by atoms with E-state index < -0.39 is 0 Å². The minimum absolute atomic E-state index is 0. The lowest BCUT2D eigenvalue weighted by Crippen LogP contribution is -2.11. The first kappa shape index (κ1) is 13.0. The van der Waals surface area contributed by atoms with Gasteiger partial charge in [-0.1, -0.05) is 30.3 Å². The Morgan fingerprint density at radius 3 is 2.56 bits per heavy atom. The van der Waals surface area contributed by atoms with E-state index in [0.29, 0.717) is 17.7 Å². The predicted molar refractivity (Wildman–Crippen MR) is 68.5 cm³/mol. The van der Waals surface area contributed by atoms with Crippen LogP contribution < -0.4 is 0 Å². The molecule has 0 spiro atoms. The molecule has 2 unspecified atom stereocenters. The van der Waals surface area contributed by atoms with Crippen LogP contribution in [0.15, 0.2) is 30.3 Å². The second-order valence-electron chi connectivity index (χ2n) is 4.19. The smallest absolute Gasteiger partial charge is 0.183 e. The highest BCUT2D eigenvalue weighted by Gasteiger charge is 2.29. The van der Waals surface area contributed by atoms with E-state index in [1.807, 2.05) is 6.07 Å². The Hall–Kier alpha value is -1.02. The fraction of sp³-hybridized carbons (Fsp3) is 0.462. The number of nitrogens with one attached hydrogen (secondary N) is 1. The predicted octanol–water partition coefficient (Wildman–Crippen LogP) is 3.62. The van der Waals surface area contributed by atoms with Crippen LogP contribution in [0.3, 0.4) is 0 Å². The van der Waals surface area contributed by atoms with Gasteiger partial charge in [-0.05, 0) is 30.7 Å². The molecule has 2 atom stereocenters. The van der Waals surface area contributed by atoms with E-state index >= 15 is 0 Å². The fourth-order valence-corrected chi connectivity index (χ4v) is 2.41. The van der Waals surface area contributed by atoms with Crippen LogP contribution in [0, 0.1) is 11.3 Å². The van der Waals surface area contributed by atoms with Crippen molar-refractivity contribution in [2.75, 3.05) is 7.11 Å². The zero-order valence-electron chi connectivity index (χ0n) is 9.48. The zero-order valence-corrected chi connectivity index (χ0v) is 10.3. The maximum atomic E-state index is 7.66. The monoisotopic (exact) mass is 239 g/mol. The largest absolute Gasteiger partial charge is 0.484 e. The molecule has 1 aliphatic rings. The lowest BCUT2D eigenvalue weighted by atomic mass is 9.96. The summed E-state index contributed by atoms with van der Waals surface area (Å²) < 4.78 is 5.00. The van der Waals surface area contributed by atoms with E-state index in [1.165, 1.54) is 12.0 Å². The van der Waals surface area contributed by atoms with Gasteiger partial charge in [0.2, 0.25) is 0 Å². The highest BCUT2D eigenvalue weighted by Crippen LogP contribution is 2.38. The number of hydrogen-bond acceptors (Lipinski definition) is 2. The number of ether oxygens (including phenoxy) is 1. The van der Waals surface area contributed by atoms with Crippen LogP contribution in [0.1, 0.15) is 30.7 Å². The first-order valence-electron chi connectivity index (χ1n) is 5.48. The molecule has 0 bridgehead atoms. The maximum Gasteiger partial charge on any atom is 0.183 e. The summed E-state index contributed by atoms with van der Waals surface area (Å²) in [7, 11) is 1.60. The van der Waals surface area contributed by atoms with Gasteiger partial charge >= 0.3 is 0 Å². The summed E-state index contributed by atoms with van der Waals surface area (Å²) in [4.78, 5) is 0. The average Bonchev–Trinajstić information content (AvgIpc) is 2.78. The molecule has 2 rings (SSSR count). The molecule has 1 N–H and O–H groups in total. The normalized spacial score (nSPS) is 23.6. The molecule has 1 aromatic carbocycles. The summed E-state index contributed by atoms with van der Waals surface area (Å²) in [5.74, 6) is 1.40.